The van der Waals surface area contributed by atoms with Crippen LogP contribution in [0.1, 0.15) is 5.56 Å². The summed E-state index contributed by atoms with van der Waals surface area (Å²) >= 11 is 0. The second kappa shape index (κ2) is 6.96. The van der Waals surface area contributed by atoms with Gasteiger partial charge in [-0.1, -0.05) is 0 Å². The Balaban J connectivity index is 0.00000144. The molecule has 9 heteroatoms. The monoisotopic (exact) mass is 304 g/mol. The van der Waals surface area contributed by atoms with Gasteiger partial charge in [-0.15, -0.1) is 29.9 Å². The molecule has 0 atom stereocenters. The van der Waals surface area contributed by atoms with Crippen molar-refractivity contribution in [3.63, 3.8) is 0 Å². The van der Waals surface area contributed by atoms with Crippen molar-refractivity contribution in [2.24, 2.45) is 0 Å². The van der Waals surface area contributed by atoms with Crippen molar-refractivity contribution in [3.05, 3.63) is 17.8 Å². The third-order valence-corrected chi connectivity index (χ3v) is 2.41. The number of halogens is 5. The van der Waals surface area contributed by atoms with E-state index in [1.54, 1.807) is 4.90 Å². The summed E-state index contributed by atoms with van der Waals surface area (Å²) in [6, 6.07) is 1.04. The highest BCUT2D eigenvalue weighted by Gasteiger charge is 2.32. The molecule has 0 spiro atoms. The molecule has 1 saturated heterocycles. The summed E-state index contributed by atoms with van der Waals surface area (Å²) in [6.45, 7) is 2.79. The molecule has 18 heavy (non-hydrogen) atoms. The predicted octanol–water partition coefficient (Wildman–Crippen LogP) is 1.75. The molecule has 0 bridgehead atoms. The van der Waals surface area contributed by atoms with Crippen LogP contribution in [-0.4, -0.2) is 36.4 Å². The third-order valence-electron chi connectivity index (χ3n) is 2.41. The zero-order valence-corrected chi connectivity index (χ0v) is 10.9. The predicted molar refractivity (Wildman–Crippen MR) is 66.6 cm³/mol. The van der Waals surface area contributed by atoms with Crippen LogP contribution in [0.3, 0.4) is 0 Å². The maximum Gasteiger partial charge on any atom is 0.418 e. The first-order valence-electron chi connectivity index (χ1n) is 4.93. The lowest BCUT2D eigenvalue weighted by molar-refractivity contribution is -0.137. The lowest BCUT2D eigenvalue weighted by Gasteiger charge is -2.28. The summed E-state index contributed by atoms with van der Waals surface area (Å²) in [5.41, 5.74) is -0.754. The Labute approximate surface area is 115 Å². The smallest absolute Gasteiger partial charge is 0.353 e. The van der Waals surface area contributed by atoms with Gasteiger partial charge in [0, 0.05) is 26.2 Å². The number of anilines is 1. The fraction of sp³-hybridized carbons (Fsp3) is 0.556. The first kappa shape index (κ1) is 17.2. The molecule has 0 aromatic carbocycles. The molecule has 0 saturated carbocycles. The van der Waals surface area contributed by atoms with Crippen LogP contribution >= 0.6 is 24.8 Å². The molecule has 1 aliphatic rings. The number of hydrogen-bond donors (Lipinski definition) is 1. The number of alkyl halides is 3. The summed E-state index contributed by atoms with van der Waals surface area (Å²) in [6.07, 6.45) is -3.62. The van der Waals surface area contributed by atoms with Gasteiger partial charge in [-0.25, -0.2) is 0 Å². The van der Waals surface area contributed by atoms with E-state index in [0.717, 1.165) is 25.4 Å². The second-order valence-corrected chi connectivity index (χ2v) is 3.54. The number of piperazine rings is 1. The first-order chi connectivity index (χ1) is 7.57. The average Bonchev–Trinajstić information content (AvgIpc) is 2.29. The maximum absolute atomic E-state index is 12.4. The lowest BCUT2D eigenvalue weighted by Crippen LogP contribution is -2.44. The number of hydrogen-bond acceptors (Lipinski definition) is 4. The Morgan fingerprint density at radius 3 is 2.33 bits per heavy atom. The first-order valence-corrected chi connectivity index (χ1v) is 4.93. The van der Waals surface area contributed by atoms with E-state index in [1.165, 1.54) is 0 Å². The van der Waals surface area contributed by atoms with Crippen LogP contribution in [0.5, 0.6) is 0 Å². The highest BCUT2D eigenvalue weighted by molar-refractivity contribution is 5.85. The van der Waals surface area contributed by atoms with Crippen LogP contribution in [0.2, 0.25) is 0 Å². The maximum atomic E-state index is 12.4. The molecule has 104 valence electrons. The SMILES string of the molecule is Cl.Cl.FC(F)(F)c1cnnc(N2CCNCC2)c1. The summed E-state index contributed by atoms with van der Waals surface area (Å²) in [5.74, 6) is 0.288. The molecule has 1 aliphatic heterocycles. The molecule has 0 aliphatic carbocycles. The standard InChI is InChI=1S/C9H11F3N4.2ClH/c10-9(11,12)7-5-8(15-14-6-7)16-3-1-13-2-4-16;;/h5-6,13H,1-4H2;2*1H. The number of nitrogens with one attached hydrogen (secondary N) is 1. The molecule has 0 unspecified atom stereocenters. The van der Waals surface area contributed by atoms with Gasteiger partial charge in [-0.3, -0.25) is 0 Å². The molecule has 1 N–H and O–H groups in total. The van der Waals surface area contributed by atoms with Crippen molar-refractivity contribution in [2.45, 2.75) is 6.18 Å². The van der Waals surface area contributed by atoms with E-state index in [0.29, 0.717) is 13.1 Å². The Hall–Kier alpha value is -0.790. The van der Waals surface area contributed by atoms with Gasteiger partial charge in [0.2, 0.25) is 0 Å². The van der Waals surface area contributed by atoms with E-state index in [1.807, 2.05) is 0 Å². The minimum atomic E-state index is -4.36. The van der Waals surface area contributed by atoms with Gasteiger partial charge in [-0.05, 0) is 6.07 Å². The molecule has 1 aromatic rings. The number of aromatic nitrogens is 2. The molecule has 0 radical (unpaired) electrons. The van der Waals surface area contributed by atoms with Crippen LogP contribution in [0.4, 0.5) is 19.0 Å². The van der Waals surface area contributed by atoms with Gasteiger partial charge in [-0.2, -0.15) is 18.3 Å². The van der Waals surface area contributed by atoms with E-state index in [4.69, 9.17) is 0 Å². The minimum absolute atomic E-state index is 0. The molecule has 0 amide bonds. The third kappa shape index (κ3) is 4.15. The van der Waals surface area contributed by atoms with E-state index < -0.39 is 11.7 Å². The fourth-order valence-electron chi connectivity index (χ4n) is 1.56. The zero-order chi connectivity index (χ0) is 11.6. The average molecular weight is 305 g/mol. The molecule has 2 heterocycles. The Morgan fingerprint density at radius 1 is 1.17 bits per heavy atom. The van der Waals surface area contributed by atoms with Crippen LogP contribution in [0.25, 0.3) is 0 Å². The minimum Gasteiger partial charge on any atom is -0.353 e. The molecular weight excluding hydrogens is 292 g/mol. The Bertz CT molecular complexity index is 369. The van der Waals surface area contributed by atoms with Gasteiger partial charge < -0.3 is 10.2 Å². The summed E-state index contributed by atoms with van der Waals surface area (Å²) in [4.78, 5) is 1.79. The molecule has 2 rings (SSSR count). The van der Waals surface area contributed by atoms with Crippen molar-refractivity contribution < 1.29 is 13.2 Å². The summed E-state index contributed by atoms with van der Waals surface area (Å²) in [5, 5.41) is 10.2. The fourth-order valence-corrected chi connectivity index (χ4v) is 1.56. The topological polar surface area (TPSA) is 41.1 Å². The zero-order valence-electron chi connectivity index (χ0n) is 9.28. The Morgan fingerprint density at radius 2 is 1.78 bits per heavy atom. The molecule has 1 fully saturated rings. The van der Waals surface area contributed by atoms with Gasteiger partial charge in [0.05, 0.1) is 11.8 Å². The van der Waals surface area contributed by atoms with E-state index >= 15 is 0 Å². The number of rotatable bonds is 1. The van der Waals surface area contributed by atoms with Gasteiger partial charge in [0.1, 0.15) is 0 Å². The molecule has 1 aromatic heterocycles. The van der Waals surface area contributed by atoms with Crippen molar-refractivity contribution in [3.8, 4) is 0 Å². The van der Waals surface area contributed by atoms with Gasteiger partial charge >= 0.3 is 6.18 Å². The van der Waals surface area contributed by atoms with Gasteiger partial charge in [0.15, 0.2) is 5.82 Å². The van der Waals surface area contributed by atoms with E-state index in [-0.39, 0.29) is 30.6 Å². The summed E-state index contributed by atoms with van der Waals surface area (Å²) < 4.78 is 37.3. The highest BCUT2D eigenvalue weighted by atomic mass is 35.5. The van der Waals surface area contributed by atoms with Crippen molar-refractivity contribution >= 4 is 30.6 Å². The van der Waals surface area contributed by atoms with Crippen molar-refractivity contribution in [1.82, 2.24) is 15.5 Å². The highest BCUT2D eigenvalue weighted by Crippen LogP contribution is 2.30. The molecule has 4 nitrogen and oxygen atoms in total. The number of nitrogens with zero attached hydrogens (tertiary/aromatic N) is 3. The largest absolute Gasteiger partial charge is 0.418 e. The normalized spacial score (nSPS) is 15.6. The second-order valence-electron chi connectivity index (χ2n) is 3.54. The van der Waals surface area contributed by atoms with Crippen LogP contribution in [-0.2, 0) is 6.18 Å². The Kier molecular flexibility index (Phi) is 6.66. The van der Waals surface area contributed by atoms with Crippen LogP contribution in [0.15, 0.2) is 12.3 Å². The van der Waals surface area contributed by atoms with Crippen LogP contribution in [0, 0.1) is 0 Å². The van der Waals surface area contributed by atoms with E-state index in [9.17, 15) is 13.2 Å². The lowest BCUT2D eigenvalue weighted by atomic mass is 10.2. The quantitative estimate of drug-likeness (QED) is 0.858. The van der Waals surface area contributed by atoms with Crippen LogP contribution < -0.4 is 10.2 Å². The van der Waals surface area contributed by atoms with E-state index in [2.05, 4.69) is 15.5 Å². The molecular formula is C9H13Cl2F3N4. The summed E-state index contributed by atoms with van der Waals surface area (Å²) in [7, 11) is 0. The van der Waals surface area contributed by atoms with Crippen molar-refractivity contribution in [1.29, 1.82) is 0 Å². The van der Waals surface area contributed by atoms with Gasteiger partial charge in [0.25, 0.3) is 0 Å². The van der Waals surface area contributed by atoms with Crippen molar-refractivity contribution in [2.75, 3.05) is 31.1 Å².